The first-order valence-corrected chi connectivity index (χ1v) is 10.2. The van der Waals surface area contributed by atoms with Crippen molar-refractivity contribution in [2.24, 2.45) is 4.99 Å². The molecule has 0 saturated heterocycles. The van der Waals surface area contributed by atoms with Gasteiger partial charge in [0.05, 0.1) is 7.11 Å². The van der Waals surface area contributed by atoms with Gasteiger partial charge >= 0.3 is 6.03 Å². The normalized spacial score (nSPS) is 10.8. The summed E-state index contributed by atoms with van der Waals surface area (Å²) in [7, 11) is 3.45. The molecule has 0 spiro atoms. The highest BCUT2D eigenvalue weighted by molar-refractivity contribution is 14.0. The van der Waals surface area contributed by atoms with Crippen molar-refractivity contribution in [1.29, 1.82) is 0 Å². The summed E-state index contributed by atoms with van der Waals surface area (Å²) >= 11 is 0. The van der Waals surface area contributed by atoms with Crippen molar-refractivity contribution in [2.75, 3.05) is 26.0 Å². The highest BCUT2D eigenvalue weighted by Gasteiger charge is 2.04. The van der Waals surface area contributed by atoms with Crippen LogP contribution in [-0.4, -0.2) is 38.7 Å². The molecule has 2 rings (SSSR count). The van der Waals surface area contributed by atoms with Gasteiger partial charge in [0.15, 0.2) is 5.96 Å². The molecule has 31 heavy (non-hydrogen) atoms. The van der Waals surface area contributed by atoms with Crippen molar-refractivity contribution >= 4 is 41.7 Å². The van der Waals surface area contributed by atoms with Crippen molar-refractivity contribution in [3.63, 3.8) is 0 Å². The van der Waals surface area contributed by atoms with E-state index in [1.165, 1.54) is 5.56 Å². The first-order valence-electron chi connectivity index (χ1n) is 10.2. The van der Waals surface area contributed by atoms with E-state index in [0.717, 1.165) is 41.5 Å². The molecule has 170 valence electrons. The summed E-state index contributed by atoms with van der Waals surface area (Å²) in [6.07, 6.45) is 0.871. The monoisotopic (exact) mass is 539 g/mol. The van der Waals surface area contributed by atoms with Gasteiger partial charge in [0.1, 0.15) is 5.75 Å². The Hall–Kier alpha value is -2.49. The molecule has 0 atom stereocenters. The van der Waals surface area contributed by atoms with Gasteiger partial charge in [-0.1, -0.05) is 24.3 Å². The fourth-order valence-corrected chi connectivity index (χ4v) is 2.89. The number of nitrogens with zero attached hydrogens (tertiary/aromatic N) is 1. The summed E-state index contributed by atoms with van der Waals surface area (Å²) in [4.78, 5) is 16.0. The average molecular weight is 539 g/mol. The highest BCUT2D eigenvalue weighted by atomic mass is 127. The Morgan fingerprint density at radius 3 is 2.35 bits per heavy atom. The zero-order valence-corrected chi connectivity index (χ0v) is 21.2. The van der Waals surface area contributed by atoms with Crippen LogP contribution in [0.5, 0.6) is 5.75 Å². The molecule has 0 aromatic heterocycles. The number of aliphatic imine (C=N–C) groups is 1. The number of halogens is 1. The molecule has 0 aliphatic rings. The Balaban J connectivity index is 0.00000480. The van der Waals surface area contributed by atoms with Crippen LogP contribution in [0.4, 0.5) is 10.5 Å². The van der Waals surface area contributed by atoms with Crippen LogP contribution < -0.4 is 26.0 Å². The third-order valence-electron chi connectivity index (χ3n) is 4.49. The smallest absolute Gasteiger partial charge is 0.319 e. The SMILES string of the molecule is CN=C(NCCc1ccc(C)c(OC)c1)NCc1ccc(NC(=O)NC(C)C)cc1.I. The van der Waals surface area contributed by atoms with Crippen LogP contribution in [0.2, 0.25) is 0 Å². The summed E-state index contributed by atoms with van der Waals surface area (Å²) < 4.78 is 5.38. The number of methoxy groups -OCH3 is 1. The molecule has 2 aromatic rings. The lowest BCUT2D eigenvalue weighted by molar-refractivity contribution is 0.250. The van der Waals surface area contributed by atoms with Gasteiger partial charge in [0.25, 0.3) is 0 Å². The fraction of sp³-hybridized carbons (Fsp3) is 0.391. The van der Waals surface area contributed by atoms with E-state index in [9.17, 15) is 4.79 Å². The zero-order chi connectivity index (χ0) is 21.9. The minimum absolute atomic E-state index is 0. The van der Waals surface area contributed by atoms with Gasteiger partial charge in [-0.2, -0.15) is 0 Å². The maximum atomic E-state index is 11.8. The van der Waals surface area contributed by atoms with Crippen LogP contribution in [0.25, 0.3) is 0 Å². The van der Waals surface area contributed by atoms with Crippen LogP contribution in [0, 0.1) is 6.92 Å². The van der Waals surface area contributed by atoms with E-state index in [1.807, 2.05) is 45.0 Å². The number of amides is 2. The number of ether oxygens (including phenoxy) is 1. The fourth-order valence-electron chi connectivity index (χ4n) is 2.89. The lowest BCUT2D eigenvalue weighted by Gasteiger charge is -2.13. The Morgan fingerprint density at radius 1 is 1.06 bits per heavy atom. The summed E-state index contributed by atoms with van der Waals surface area (Å²) in [5.41, 5.74) is 4.20. The number of carbonyl (C=O) groups excluding carboxylic acids is 1. The third kappa shape index (κ3) is 9.46. The predicted molar refractivity (Wildman–Crippen MR) is 139 cm³/mol. The molecular weight excluding hydrogens is 505 g/mol. The van der Waals surface area contributed by atoms with Crippen LogP contribution in [0.3, 0.4) is 0 Å². The number of benzene rings is 2. The molecule has 0 unspecified atom stereocenters. The maximum absolute atomic E-state index is 11.8. The van der Waals surface area contributed by atoms with Gasteiger partial charge in [-0.05, 0) is 62.1 Å². The van der Waals surface area contributed by atoms with Crippen LogP contribution >= 0.6 is 24.0 Å². The van der Waals surface area contributed by atoms with E-state index < -0.39 is 0 Å². The number of hydrogen-bond donors (Lipinski definition) is 4. The van der Waals surface area contributed by atoms with E-state index in [0.29, 0.717) is 6.54 Å². The molecule has 2 amide bonds. The van der Waals surface area contributed by atoms with Gasteiger partial charge in [-0.25, -0.2) is 4.79 Å². The molecule has 0 fully saturated rings. The number of anilines is 1. The van der Waals surface area contributed by atoms with Crippen molar-refractivity contribution in [2.45, 2.75) is 39.8 Å². The second-order valence-electron chi connectivity index (χ2n) is 7.36. The van der Waals surface area contributed by atoms with E-state index in [2.05, 4.69) is 44.5 Å². The number of hydrogen-bond acceptors (Lipinski definition) is 3. The molecule has 8 heteroatoms. The predicted octanol–water partition coefficient (Wildman–Crippen LogP) is 4.06. The summed E-state index contributed by atoms with van der Waals surface area (Å²) in [5.74, 6) is 1.65. The van der Waals surface area contributed by atoms with Gasteiger partial charge in [0, 0.05) is 31.9 Å². The number of nitrogens with one attached hydrogen (secondary N) is 4. The molecule has 4 N–H and O–H groups in total. The zero-order valence-electron chi connectivity index (χ0n) is 18.9. The van der Waals surface area contributed by atoms with E-state index in [-0.39, 0.29) is 36.0 Å². The molecule has 0 bridgehead atoms. The quantitative estimate of drug-likeness (QED) is 0.232. The van der Waals surface area contributed by atoms with Gasteiger partial charge < -0.3 is 26.0 Å². The van der Waals surface area contributed by atoms with E-state index in [4.69, 9.17) is 4.74 Å². The Bertz CT molecular complexity index is 854. The van der Waals surface area contributed by atoms with Crippen molar-refractivity contribution in [1.82, 2.24) is 16.0 Å². The number of carbonyl (C=O) groups is 1. The Kier molecular flexibility index (Phi) is 11.8. The molecule has 0 radical (unpaired) electrons. The van der Waals surface area contributed by atoms with Crippen LogP contribution in [0.1, 0.15) is 30.5 Å². The van der Waals surface area contributed by atoms with E-state index in [1.54, 1.807) is 14.2 Å². The first kappa shape index (κ1) is 26.5. The first-order chi connectivity index (χ1) is 14.4. The summed E-state index contributed by atoms with van der Waals surface area (Å²) in [6.45, 7) is 7.28. The van der Waals surface area contributed by atoms with Gasteiger partial charge in [-0.3, -0.25) is 4.99 Å². The summed E-state index contributed by atoms with van der Waals surface area (Å²) in [5, 5.41) is 12.2. The van der Waals surface area contributed by atoms with E-state index >= 15 is 0 Å². The molecule has 0 saturated carbocycles. The highest BCUT2D eigenvalue weighted by Crippen LogP contribution is 2.19. The average Bonchev–Trinajstić information content (AvgIpc) is 2.72. The van der Waals surface area contributed by atoms with Crippen molar-refractivity contribution in [3.8, 4) is 5.75 Å². The minimum atomic E-state index is -0.202. The number of aryl methyl sites for hydroxylation is 1. The number of rotatable bonds is 8. The maximum Gasteiger partial charge on any atom is 0.319 e. The minimum Gasteiger partial charge on any atom is -0.496 e. The lowest BCUT2D eigenvalue weighted by Crippen LogP contribution is -2.37. The molecular formula is C23H34IN5O2. The molecule has 7 nitrogen and oxygen atoms in total. The van der Waals surface area contributed by atoms with Gasteiger partial charge in [-0.15, -0.1) is 24.0 Å². The Labute approximate surface area is 202 Å². The second-order valence-corrected chi connectivity index (χ2v) is 7.36. The van der Waals surface area contributed by atoms with Crippen LogP contribution in [-0.2, 0) is 13.0 Å². The molecule has 2 aromatic carbocycles. The van der Waals surface area contributed by atoms with Gasteiger partial charge in [0.2, 0.25) is 0 Å². The standard InChI is InChI=1S/C23H33N5O2.HI/c1-16(2)27-23(29)28-20-10-8-19(9-11-20)15-26-22(24-4)25-13-12-18-7-6-17(3)21(14-18)30-5;/h6-11,14,16H,12-13,15H2,1-5H3,(H2,24,25,26)(H2,27,28,29);1H. The Morgan fingerprint density at radius 2 is 1.74 bits per heavy atom. The second kappa shape index (κ2) is 13.7. The van der Waals surface area contributed by atoms with Crippen molar-refractivity contribution in [3.05, 3.63) is 59.2 Å². The van der Waals surface area contributed by atoms with Crippen molar-refractivity contribution < 1.29 is 9.53 Å². The number of guanidine groups is 1. The number of urea groups is 1. The molecule has 0 heterocycles. The molecule has 0 aliphatic heterocycles. The third-order valence-corrected chi connectivity index (χ3v) is 4.49. The largest absolute Gasteiger partial charge is 0.496 e. The molecule has 0 aliphatic carbocycles. The summed E-state index contributed by atoms with van der Waals surface area (Å²) in [6, 6.07) is 13.9. The van der Waals surface area contributed by atoms with Crippen LogP contribution in [0.15, 0.2) is 47.5 Å². The lowest BCUT2D eigenvalue weighted by atomic mass is 10.1. The topological polar surface area (TPSA) is 86.8 Å².